The maximum Gasteiger partial charge on any atom is 0.303 e. The van der Waals surface area contributed by atoms with Crippen molar-refractivity contribution in [3.8, 4) is 0 Å². The first-order chi connectivity index (χ1) is 9.20. The van der Waals surface area contributed by atoms with E-state index in [4.69, 9.17) is 10.2 Å². The van der Waals surface area contributed by atoms with Crippen molar-refractivity contribution in [2.45, 2.75) is 37.1 Å². The number of halogens is 1. The Labute approximate surface area is 116 Å². The van der Waals surface area contributed by atoms with Crippen LogP contribution in [-0.4, -0.2) is 25.5 Å². The Morgan fingerprint density at radius 3 is 2.65 bits per heavy atom. The number of sulfonamides is 1. The van der Waals surface area contributed by atoms with Gasteiger partial charge in [0.2, 0.25) is 10.0 Å². The molecule has 1 atom stereocenters. The van der Waals surface area contributed by atoms with Gasteiger partial charge in [0.1, 0.15) is 5.82 Å². The first-order valence-corrected chi connectivity index (χ1v) is 7.55. The molecule has 0 saturated carbocycles. The van der Waals surface area contributed by atoms with Crippen LogP contribution in [0.5, 0.6) is 0 Å². The molecule has 20 heavy (non-hydrogen) atoms. The van der Waals surface area contributed by atoms with E-state index in [-0.39, 0.29) is 23.0 Å². The molecule has 0 fully saturated rings. The molecule has 0 amide bonds. The molecule has 0 heterocycles. The van der Waals surface area contributed by atoms with Crippen molar-refractivity contribution in [2.75, 3.05) is 5.32 Å². The zero-order valence-electron chi connectivity index (χ0n) is 11.0. The van der Waals surface area contributed by atoms with Gasteiger partial charge in [-0.3, -0.25) is 4.79 Å². The minimum absolute atomic E-state index is 0.0544. The van der Waals surface area contributed by atoms with Crippen molar-refractivity contribution in [2.24, 2.45) is 5.14 Å². The number of carboxylic acids is 1. The van der Waals surface area contributed by atoms with Crippen molar-refractivity contribution in [1.29, 1.82) is 0 Å². The fraction of sp³-hybridized carbons (Fsp3) is 0.417. The largest absolute Gasteiger partial charge is 0.481 e. The van der Waals surface area contributed by atoms with E-state index in [0.717, 1.165) is 6.07 Å². The van der Waals surface area contributed by atoms with Gasteiger partial charge in [0.25, 0.3) is 0 Å². The summed E-state index contributed by atoms with van der Waals surface area (Å²) in [6, 6.07) is 3.22. The van der Waals surface area contributed by atoms with Gasteiger partial charge in [0, 0.05) is 12.5 Å². The Morgan fingerprint density at radius 1 is 1.50 bits per heavy atom. The molecule has 0 saturated heterocycles. The standard InChI is InChI=1S/C12H17FN2O4S/c1-8(3-2-4-12(16)17)15-11-6-5-9(7-10(11)13)20(14,18)19/h5-8,15H,2-4H2,1H3,(H,16,17)(H2,14,18,19). The predicted octanol–water partition coefficient (Wildman–Crippen LogP) is 1.53. The first-order valence-electron chi connectivity index (χ1n) is 6.01. The minimum atomic E-state index is -3.93. The predicted molar refractivity (Wildman–Crippen MR) is 72.3 cm³/mol. The number of benzene rings is 1. The average molecular weight is 304 g/mol. The molecule has 0 aliphatic heterocycles. The van der Waals surface area contributed by atoms with Crippen molar-refractivity contribution >= 4 is 21.7 Å². The van der Waals surface area contributed by atoms with E-state index >= 15 is 0 Å². The molecule has 0 radical (unpaired) electrons. The number of carboxylic acid groups (broad SMARTS) is 1. The molecule has 8 heteroatoms. The number of carbonyl (C=O) groups is 1. The van der Waals surface area contributed by atoms with Crippen molar-refractivity contribution in [3.05, 3.63) is 24.0 Å². The molecule has 6 nitrogen and oxygen atoms in total. The number of primary sulfonamides is 1. The van der Waals surface area contributed by atoms with Gasteiger partial charge < -0.3 is 10.4 Å². The summed E-state index contributed by atoms with van der Waals surface area (Å²) < 4.78 is 35.8. The molecular formula is C12H17FN2O4S. The third kappa shape index (κ3) is 5.14. The molecule has 4 N–H and O–H groups in total. The van der Waals surface area contributed by atoms with Gasteiger partial charge in [-0.1, -0.05) is 0 Å². The summed E-state index contributed by atoms with van der Waals surface area (Å²) in [6.07, 6.45) is 1.09. The van der Waals surface area contributed by atoms with E-state index in [2.05, 4.69) is 5.32 Å². The highest BCUT2D eigenvalue weighted by molar-refractivity contribution is 7.89. The molecule has 0 aliphatic carbocycles. The number of hydrogen-bond acceptors (Lipinski definition) is 4. The second kappa shape index (κ2) is 6.67. The molecule has 1 rings (SSSR count). The van der Waals surface area contributed by atoms with Crippen molar-refractivity contribution in [3.63, 3.8) is 0 Å². The molecule has 1 unspecified atom stereocenters. The Morgan fingerprint density at radius 2 is 2.15 bits per heavy atom. The number of nitrogens with two attached hydrogens (primary N) is 1. The zero-order valence-corrected chi connectivity index (χ0v) is 11.8. The number of anilines is 1. The van der Waals surface area contributed by atoms with Gasteiger partial charge in [-0.2, -0.15) is 0 Å². The van der Waals surface area contributed by atoms with Crippen molar-refractivity contribution in [1.82, 2.24) is 0 Å². The van der Waals surface area contributed by atoms with E-state index in [1.165, 1.54) is 12.1 Å². The third-order valence-corrected chi connectivity index (χ3v) is 3.61. The fourth-order valence-corrected chi connectivity index (χ4v) is 2.21. The number of nitrogens with one attached hydrogen (secondary N) is 1. The van der Waals surface area contributed by atoms with Crippen LogP contribution in [0.2, 0.25) is 0 Å². The summed E-state index contributed by atoms with van der Waals surface area (Å²) in [4.78, 5) is 10.1. The van der Waals surface area contributed by atoms with E-state index < -0.39 is 21.8 Å². The molecule has 1 aromatic carbocycles. The van der Waals surface area contributed by atoms with E-state index in [1.54, 1.807) is 6.92 Å². The van der Waals surface area contributed by atoms with Gasteiger partial charge in [-0.05, 0) is 38.0 Å². The normalized spacial score (nSPS) is 12.9. The Balaban J connectivity index is 2.67. The summed E-state index contributed by atoms with van der Waals surface area (Å²) in [5, 5.41) is 16.3. The topological polar surface area (TPSA) is 109 Å². The zero-order chi connectivity index (χ0) is 15.3. The summed E-state index contributed by atoms with van der Waals surface area (Å²) in [6.45, 7) is 1.79. The average Bonchev–Trinajstić information content (AvgIpc) is 2.29. The first kappa shape index (κ1) is 16.4. The van der Waals surface area contributed by atoms with Crippen LogP contribution in [0, 0.1) is 5.82 Å². The molecule has 0 aromatic heterocycles. The Kier molecular flexibility index (Phi) is 5.46. The van der Waals surface area contributed by atoms with E-state index in [0.29, 0.717) is 12.8 Å². The lowest BCUT2D eigenvalue weighted by Gasteiger charge is -2.15. The number of rotatable bonds is 7. The van der Waals surface area contributed by atoms with Crippen LogP contribution < -0.4 is 10.5 Å². The quantitative estimate of drug-likeness (QED) is 0.707. The summed E-state index contributed by atoms with van der Waals surface area (Å²) in [5.74, 6) is -1.59. The molecular weight excluding hydrogens is 287 g/mol. The van der Waals surface area contributed by atoms with Crippen LogP contribution >= 0.6 is 0 Å². The van der Waals surface area contributed by atoms with E-state index in [9.17, 15) is 17.6 Å². The summed E-state index contributed by atoms with van der Waals surface area (Å²) >= 11 is 0. The number of aliphatic carboxylic acids is 1. The maximum absolute atomic E-state index is 13.7. The van der Waals surface area contributed by atoms with Gasteiger partial charge in [0.05, 0.1) is 10.6 Å². The van der Waals surface area contributed by atoms with Gasteiger partial charge in [-0.25, -0.2) is 17.9 Å². The maximum atomic E-state index is 13.7. The Bertz CT molecular complexity index is 589. The highest BCUT2D eigenvalue weighted by Gasteiger charge is 2.13. The smallest absolute Gasteiger partial charge is 0.303 e. The van der Waals surface area contributed by atoms with Crippen LogP contribution in [0.15, 0.2) is 23.1 Å². The number of hydrogen-bond donors (Lipinski definition) is 3. The monoisotopic (exact) mass is 304 g/mol. The molecule has 112 valence electrons. The van der Waals surface area contributed by atoms with Gasteiger partial charge in [-0.15, -0.1) is 0 Å². The Hall–Kier alpha value is -1.67. The molecule has 0 aliphatic rings. The van der Waals surface area contributed by atoms with Gasteiger partial charge in [0.15, 0.2) is 0 Å². The van der Waals surface area contributed by atoms with E-state index in [1.807, 2.05) is 0 Å². The SMILES string of the molecule is CC(CCCC(=O)O)Nc1ccc(S(N)(=O)=O)cc1F. The second-order valence-corrected chi connectivity index (χ2v) is 6.08. The third-order valence-electron chi connectivity index (χ3n) is 2.70. The highest BCUT2D eigenvalue weighted by atomic mass is 32.2. The summed E-state index contributed by atoms with van der Waals surface area (Å²) in [5.41, 5.74) is 0.153. The lowest BCUT2D eigenvalue weighted by atomic mass is 10.1. The summed E-state index contributed by atoms with van der Waals surface area (Å²) in [7, 11) is -3.93. The minimum Gasteiger partial charge on any atom is -0.481 e. The van der Waals surface area contributed by atoms with Crippen LogP contribution in [0.1, 0.15) is 26.2 Å². The molecule has 0 bridgehead atoms. The highest BCUT2D eigenvalue weighted by Crippen LogP contribution is 2.19. The van der Waals surface area contributed by atoms with Crippen molar-refractivity contribution < 1.29 is 22.7 Å². The lowest BCUT2D eigenvalue weighted by Crippen LogP contribution is -2.17. The molecule has 1 aromatic rings. The van der Waals surface area contributed by atoms with Crippen LogP contribution in [0.25, 0.3) is 0 Å². The van der Waals surface area contributed by atoms with Crippen LogP contribution in [0.3, 0.4) is 0 Å². The fourth-order valence-electron chi connectivity index (χ4n) is 1.69. The van der Waals surface area contributed by atoms with Crippen LogP contribution in [-0.2, 0) is 14.8 Å². The van der Waals surface area contributed by atoms with Gasteiger partial charge >= 0.3 is 5.97 Å². The lowest BCUT2D eigenvalue weighted by molar-refractivity contribution is -0.137. The second-order valence-electron chi connectivity index (χ2n) is 4.52. The van der Waals surface area contributed by atoms with Crippen LogP contribution in [0.4, 0.5) is 10.1 Å². The molecule has 0 spiro atoms.